The van der Waals surface area contributed by atoms with Crippen molar-refractivity contribution in [1.29, 1.82) is 0 Å². The normalized spacial score (nSPS) is 11.8. The number of halogens is 4. The molecule has 0 saturated heterocycles. The van der Waals surface area contributed by atoms with Crippen molar-refractivity contribution in [2.45, 2.75) is 16.4 Å². The molecule has 33 heavy (non-hydrogen) atoms. The number of hydrogen-bond donors (Lipinski definition) is 0. The maximum atomic E-state index is 13.6. The van der Waals surface area contributed by atoms with E-state index < -0.39 is 17.8 Å². The molecule has 3 aromatic heterocycles. The summed E-state index contributed by atoms with van der Waals surface area (Å²) in [5.41, 5.74) is 1.37. The molecule has 0 unspecified atom stereocenters. The number of aromatic nitrogens is 6. The summed E-state index contributed by atoms with van der Waals surface area (Å²) in [6.07, 6.45) is -1.55. The van der Waals surface area contributed by atoms with E-state index in [1.54, 1.807) is 47.3 Å². The number of hydrogen-bond acceptors (Lipinski definition) is 6. The van der Waals surface area contributed by atoms with Crippen molar-refractivity contribution >= 4 is 22.7 Å². The molecule has 0 N–H and O–H groups in total. The third-order valence-corrected chi connectivity index (χ3v) is 5.62. The molecule has 5 rings (SSSR count). The van der Waals surface area contributed by atoms with Crippen LogP contribution in [0.25, 0.3) is 28.0 Å². The van der Waals surface area contributed by atoms with Crippen LogP contribution in [0.3, 0.4) is 0 Å². The summed E-state index contributed by atoms with van der Waals surface area (Å²) in [6.45, 7) is 0. The summed E-state index contributed by atoms with van der Waals surface area (Å²) in [5.74, 6) is -1.25. The Morgan fingerprint density at radius 3 is 2.27 bits per heavy atom. The van der Waals surface area contributed by atoms with Gasteiger partial charge in [-0.25, -0.2) is 14.4 Å². The summed E-state index contributed by atoms with van der Waals surface area (Å²) in [7, 11) is 0. The smallest absolute Gasteiger partial charge is 0.270 e. The SMILES string of the molecule is Fc1ccc(-n2c(Sc3nc(C(F)(F)F)nc4ccccc34)nnc2-c2ccncc2)cc1. The maximum absolute atomic E-state index is 13.6. The second-order valence-electron chi connectivity index (χ2n) is 6.82. The lowest BCUT2D eigenvalue weighted by Gasteiger charge is -2.12. The third-order valence-electron chi connectivity index (χ3n) is 4.67. The highest BCUT2D eigenvalue weighted by Gasteiger charge is 2.36. The van der Waals surface area contributed by atoms with E-state index in [9.17, 15) is 17.6 Å². The van der Waals surface area contributed by atoms with Gasteiger partial charge in [0, 0.05) is 29.0 Å². The molecule has 0 saturated carbocycles. The van der Waals surface area contributed by atoms with Crippen molar-refractivity contribution in [2.24, 2.45) is 0 Å². The minimum Gasteiger partial charge on any atom is -0.270 e. The van der Waals surface area contributed by atoms with Crippen molar-refractivity contribution in [3.63, 3.8) is 0 Å². The third kappa shape index (κ3) is 4.14. The van der Waals surface area contributed by atoms with E-state index in [4.69, 9.17) is 0 Å². The lowest BCUT2D eigenvalue weighted by Crippen LogP contribution is -2.12. The summed E-state index contributed by atoms with van der Waals surface area (Å²) in [5, 5.41) is 9.21. The zero-order chi connectivity index (χ0) is 23.0. The molecule has 3 heterocycles. The Bertz CT molecular complexity index is 1440. The van der Waals surface area contributed by atoms with Gasteiger partial charge in [0.05, 0.1) is 5.52 Å². The van der Waals surface area contributed by atoms with Gasteiger partial charge in [0.15, 0.2) is 5.82 Å². The average molecular weight is 468 g/mol. The first-order valence-electron chi connectivity index (χ1n) is 9.54. The van der Waals surface area contributed by atoms with E-state index in [0.29, 0.717) is 22.5 Å². The first kappa shape index (κ1) is 21.0. The monoisotopic (exact) mass is 468 g/mol. The van der Waals surface area contributed by atoms with Gasteiger partial charge in [0.2, 0.25) is 11.0 Å². The zero-order valence-corrected chi connectivity index (χ0v) is 17.3. The van der Waals surface area contributed by atoms with Crippen LogP contribution in [0, 0.1) is 5.82 Å². The van der Waals surface area contributed by atoms with E-state index in [0.717, 1.165) is 11.8 Å². The first-order chi connectivity index (χ1) is 15.9. The van der Waals surface area contributed by atoms with E-state index >= 15 is 0 Å². The molecule has 0 radical (unpaired) electrons. The Labute approximate surface area is 188 Å². The second kappa shape index (κ2) is 8.24. The summed E-state index contributed by atoms with van der Waals surface area (Å²) in [4.78, 5) is 11.4. The topological polar surface area (TPSA) is 69.4 Å². The van der Waals surface area contributed by atoms with Crippen LogP contribution in [0.15, 0.2) is 83.2 Å². The molecular weight excluding hydrogens is 456 g/mol. The molecule has 0 atom stereocenters. The Morgan fingerprint density at radius 2 is 1.55 bits per heavy atom. The summed E-state index contributed by atoms with van der Waals surface area (Å²) in [6, 6.07) is 15.5. The van der Waals surface area contributed by atoms with Crippen LogP contribution in [-0.4, -0.2) is 29.7 Å². The standard InChI is InChI=1S/C22H12F4N6S/c23-14-5-7-15(8-6-14)32-18(13-9-11-27-12-10-13)30-31-21(32)33-19-16-3-1-2-4-17(16)28-20(29-19)22(24,25)26/h1-12H. The first-order valence-corrected chi connectivity index (χ1v) is 10.4. The van der Waals surface area contributed by atoms with Crippen LogP contribution in [0.4, 0.5) is 17.6 Å². The lowest BCUT2D eigenvalue weighted by molar-refractivity contribution is -0.145. The molecule has 0 fully saturated rings. The molecule has 11 heteroatoms. The second-order valence-corrected chi connectivity index (χ2v) is 7.78. The quantitative estimate of drug-likeness (QED) is 0.253. The van der Waals surface area contributed by atoms with Crippen LogP contribution in [0.2, 0.25) is 0 Å². The molecule has 0 bridgehead atoms. The van der Waals surface area contributed by atoms with E-state index in [2.05, 4.69) is 25.1 Å². The fraction of sp³-hybridized carbons (Fsp3) is 0.0455. The molecule has 0 amide bonds. The molecule has 0 spiro atoms. The van der Waals surface area contributed by atoms with Crippen LogP contribution in [0.1, 0.15) is 5.82 Å². The zero-order valence-electron chi connectivity index (χ0n) is 16.5. The number of fused-ring (bicyclic) bond motifs is 1. The highest BCUT2D eigenvalue weighted by Crippen LogP contribution is 2.36. The van der Waals surface area contributed by atoms with Gasteiger partial charge in [-0.15, -0.1) is 10.2 Å². The number of rotatable bonds is 4. The minimum atomic E-state index is -4.72. The van der Waals surface area contributed by atoms with Crippen LogP contribution in [-0.2, 0) is 6.18 Å². The predicted molar refractivity (Wildman–Crippen MR) is 113 cm³/mol. The fourth-order valence-corrected chi connectivity index (χ4v) is 4.14. The Balaban J connectivity index is 1.69. The van der Waals surface area contributed by atoms with Crippen molar-refractivity contribution in [1.82, 2.24) is 29.7 Å². The van der Waals surface area contributed by atoms with Crippen molar-refractivity contribution in [3.05, 3.63) is 84.7 Å². The number of alkyl halides is 3. The number of nitrogens with zero attached hydrogens (tertiary/aromatic N) is 6. The Hall–Kier alpha value is -3.86. The van der Waals surface area contributed by atoms with E-state index in [1.165, 1.54) is 30.3 Å². The lowest BCUT2D eigenvalue weighted by atomic mass is 10.2. The molecule has 0 aliphatic rings. The van der Waals surface area contributed by atoms with Crippen molar-refractivity contribution < 1.29 is 17.6 Å². The van der Waals surface area contributed by atoms with Gasteiger partial charge in [-0.2, -0.15) is 13.2 Å². The van der Waals surface area contributed by atoms with E-state index in [-0.39, 0.29) is 15.7 Å². The molecular formula is C22H12F4N6S. The molecule has 6 nitrogen and oxygen atoms in total. The molecule has 2 aromatic carbocycles. The van der Waals surface area contributed by atoms with Gasteiger partial charge in [-0.1, -0.05) is 18.2 Å². The highest BCUT2D eigenvalue weighted by molar-refractivity contribution is 7.99. The highest BCUT2D eigenvalue weighted by atomic mass is 32.2. The van der Waals surface area contributed by atoms with Gasteiger partial charge in [-0.3, -0.25) is 9.55 Å². The van der Waals surface area contributed by atoms with Gasteiger partial charge < -0.3 is 0 Å². The Kier molecular flexibility index (Phi) is 5.25. The van der Waals surface area contributed by atoms with Crippen LogP contribution >= 0.6 is 11.8 Å². The van der Waals surface area contributed by atoms with Gasteiger partial charge >= 0.3 is 6.18 Å². The van der Waals surface area contributed by atoms with Gasteiger partial charge in [0.25, 0.3) is 0 Å². The molecule has 5 aromatic rings. The number of pyridine rings is 1. The number of para-hydroxylation sites is 1. The van der Waals surface area contributed by atoms with Crippen LogP contribution in [0.5, 0.6) is 0 Å². The van der Waals surface area contributed by atoms with Crippen molar-refractivity contribution in [2.75, 3.05) is 0 Å². The molecule has 0 aliphatic carbocycles. The molecule has 164 valence electrons. The van der Waals surface area contributed by atoms with Gasteiger partial charge in [-0.05, 0) is 54.2 Å². The van der Waals surface area contributed by atoms with Crippen molar-refractivity contribution in [3.8, 4) is 17.1 Å². The predicted octanol–water partition coefficient (Wildman–Crippen LogP) is 5.58. The molecule has 0 aliphatic heterocycles. The fourth-order valence-electron chi connectivity index (χ4n) is 3.19. The average Bonchev–Trinajstić information content (AvgIpc) is 3.23. The maximum Gasteiger partial charge on any atom is 0.451 e. The summed E-state index contributed by atoms with van der Waals surface area (Å²) >= 11 is 0.917. The van der Waals surface area contributed by atoms with E-state index in [1.807, 2.05) is 0 Å². The van der Waals surface area contributed by atoms with Crippen LogP contribution < -0.4 is 0 Å². The minimum absolute atomic E-state index is 0.0740. The number of benzene rings is 2. The Morgan fingerprint density at radius 1 is 0.818 bits per heavy atom. The van der Waals surface area contributed by atoms with Gasteiger partial charge in [0.1, 0.15) is 10.8 Å². The largest absolute Gasteiger partial charge is 0.451 e. The summed E-state index contributed by atoms with van der Waals surface area (Å²) < 4.78 is 55.5.